The van der Waals surface area contributed by atoms with Crippen molar-refractivity contribution < 1.29 is 9.59 Å². The molecule has 1 aromatic rings. The Balaban J connectivity index is 1.78. The van der Waals surface area contributed by atoms with Crippen LogP contribution in [0.3, 0.4) is 0 Å². The van der Waals surface area contributed by atoms with Crippen LogP contribution in [0.15, 0.2) is 30.3 Å². The number of piperazine rings is 1. The number of rotatable bonds is 7. The van der Waals surface area contributed by atoms with Gasteiger partial charge in [-0.05, 0) is 17.9 Å². The fourth-order valence-corrected chi connectivity index (χ4v) is 3.02. The largest absolute Gasteiger partial charge is 0.339 e. The zero-order valence-corrected chi connectivity index (χ0v) is 15.8. The van der Waals surface area contributed by atoms with Crippen molar-refractivity contribution in [3.63, 3.8) is 0 Å². The molecule has 0 aromatic heterocycles. The Morgan fingerprint density at radius 1 is 1.08 bits per heavy atom. The van der Waals surface area contributed by atoms with E-state index in [1.807, 2.05) is 11.0 Å². The Morgan fingerprint density at radius 3 is 2.28 bits per heavy atom. The molecule has 1 aliphatic rings. The lowest BCUT2D eigenvalue weighted by Gasteiger charge is -2.35. The summed E-state index contributed by atoms with van der Waals surface area (Å²) in [6.45, 7) is 10.8. The summed E-state index contributed by atoms with van der Waals surface area (Å²) in [6, 6.07) is 10.4. The molecule has 0 unspecified atom stereocenters. The molecule has 1 fully saturated rings. The van der Waals surface area contributed by atoms with Crippen molar-refractivity contribution in [2.75, 3.05) is 39.3 Å². The Hall–Kier alpha value is -1.88. The first kappa shape index (κ1) is 19.4. The predicted molar refractivity (Wildman–Crippen MR) is 100 cm³/mol. The standard InChI is InChI=1S/C20H31N3O2/c1-17(2)9-10-23(18(3)24)16-20(25)22-13-11-21(12-14-22)15-19-7-5-4-6-8-19/h4-8,17H,9-16H2,1-3H3. The number of carbonyl (C=O) groups excluding carboxylic acids is 2. The Labute approximate surface area is 151 Å². The van der Waals surface area contributed by atoms with Crippen molar-refractivity contribution in [2.45, 2.75) is 33.7 Å². The van der Waals surface area contributed by atoms with E-state index < -0.39 is 0 Å². The third-order valence-corrected chi connectivity index (χ3v) is 4.72. The van der Waals surface area contributed by atoms with E-state index in [9.17, 15) is 9.59 Å². The average molecular weight is 345 g/mol. The van der Waals surface area contributed by atoms with Crippen molar-refractivity contribution in [3.05, 3.63) is 35.9 Å². The highest BCUT2D eigenvalue weighted by atomic mass is 16.2. The minimum absolute atomic E-state index is 0.0169. The smallest absolute Gasteiger partial charge is 0.242 e. The van der Waals surface area contributed by atoms with Gasteiger partial charge in [-0.25, -0.2) is 0 Å². The first-order chi connectivity index (χ1) is 12.0. The van der Waals surface area contributed by atoms with E-state index in [1.165, 1.54) is 5.56 Å². The van der Waals surface area contributed by atoms with Gasteiger partial charge in [-0.3, -0.25) is 14.5 Å². The quantitative estimate of drug-likeness (QED) is 0.761. The van der Waals surface area contributed by atoms with E-state index in [0.717, 1.165) is 39.1 Å². The summed E-state index contributed by atoms with van der Waals surface area (Å²) in [4.78, 5) is 30.3. The number of hydrogen-bond acceptors (Lipinski definition) is 3. The van der Waals surface area contributed by atoms with Crippen LogP contribution in [0.1, 0.15) is 32.8 Å². The van der Waals surface area contributed by atoms with Gasteiger partial charge in [0.15, 0.2) is 0 Å². The maximum atomic E-state index is 12.5. The van der Waals surface area contributed by atoms with Crippen LogP contribution in [-0.2, 0) is 16.1 Å². The maximum Gasteiger partial charge on any atom is 0.242 e. The molecule has 1 saturated heterocycles. The third-order valence-electron chi connectivity index (χ3n) is 4.72. The molecule has 2 rings (SSSR count). The van der Waals surface area contributed by atoms with Gasteiger partial charge in [0.1, 0.15) is 0 Å². The minimum atomic E-state index is -0.0169. The molecule has 25 heavy (non-hydrogen) atoms. The number of benzene rings is 1. The fraction of sp³-hybridized carbons (Fsp3) is 0.600. The number of hydrogen-bond donors (Lipinski definition) is 0. The zero-order chi connectivity index (χ0) is 18.2. The molecule has 0 N–H and O–H groups in total. The first-order valence-corrected chi connectivity index (χ1v) is 9.25. The van der Waals surface area contributed by atoms with Crippen molar-refractivity contribution in [1.82, 2.24) is 14.7 Å². The normalized spacial score (nSPS) is 15.4. The van der Waals surface area contributed by atoms with Crippen LogP contribution in [-0.4, -0.2) is 65.8 Å². The van der Waals surface area contributed by atoms with Crippen LogP contribution in [0.5, 0.6) is 0 Å². The lowest BCUT2D eigenvalue weighted by atomic mass is 10.1. The molecular weight excluding hydrogens is 314 g/mol. The molecule has 138 valence electrons. The Bertz CT molecular complexity index is 551. The molecule has 0 bridgehead atoms. The maximum absolute atomic E-state index is 12.5. The van der Waals surface area contributed by atoms with E-state index >= 15 is 0 Å². The average Bonchev–Trinajstić information content (AvgIpc) is 2.59. The summed E-state index contributed by atoms with van der Waals surface area (Å²) in [5.41, 5.74) is 1.30. The van der Waals surface area contributed by atoms with Gasteiger partial charge in [-0.2, -0.15) is 0 Å². The monoisotopic (exact) mass is 345 g/mol. The zero-order valence-electron chi connectivity index (χ0n) is 15.8. The second-order valence-electron chi connectivity index (χ2n) is 7.27. The first-order valence-electron chi connectivity index (χ1n) is 9.25. The van der Waals surface area contributed by atoms with Crippen LogP contribution in [0.4, 0.5) is 0 Å². The molecule has 0 aliphatic carbocycles. The van der Waals surface area contributed by atoms with Gasteiger partial charge in [-0.1, -0.05) is 44.2 Å². The van der Waals surface area contributed by atoms with Crippen LogP contribution >= 0.6 is 0 Å². The molecule has 0 atom stereocenters. The van der Waals surface area contributed by atoms with Crippen LogP contribution in [0, 0.1) is 5.92 Å². The van der Waals surface area contributed by atoms with E-state index in [2.05, 4.69) is 43.0 Å². The van der Waals surface area contributed by atoms with Crippen LogP contribution in [0.2, 0.25) is 0 Å². The third kappa shape index (κ3) is 6.50. The highest BCUT2D eigenvalue weighted by Gasteiger charge is 2.23. The van der Waals surface area contributed by atoms with E-state index in [4.69, 9.17) is 0 Å². The SMILES string of the molecule is CC(=O)N(CCC(C)C)CC(=O)N1CCN(Cc2ccccc2)CC1. The van der Waals surface area contributed by atoms with E-state index in [1.54, 1.807) is 11.8 Å². The molecule has 0 saturated carbocycles. The van der Waals surface area contributed by atoms with Gasteiger partial charge in [0.2, 0.25) is 11.8 Å². The molecule has 1 aliphatic heterocycles. The van der Waals surface area contributed by atoms with Crippen molar-refractivity contribution in [2.24, 2.45) is 5.92 Å². The summed E-state index contributed by atoms with van der Waals surface area (Å²) >= 11 is 0. The topological polar surface area (TPSA) is 43.9 Å². The molecule has 2 amide bonds. The van der Waals surface area contributed by atoms with Gasteiger partial charge >= 0.3 is 0 Å². The fourth-order valence-electron chi connectivity index (χ4n) is 3.02. The van der Waals surface area contributed by atoms with E-state index in [-0.39, 0.29) is 18.4 Å². The molecule has 1 aromatic carbocycles. The van der Waals surface area contributed by atoms with Gasteiger partial charge in [0.05, 0.1) is 6.54 Å². The van der Waals surface area contributed by atoms with Gasteiger partial charge in [-0.15, -0.1) is 0 Å². The summed E-state index contributed by atoms with van der Waals surface area (Å²) in [7, 11) is 0. The summed E-state index contributed by atoms with van der Waals surface area (Å²) in [6.07, 6.45) is 0.928. The lowest BCUT2D eigenvalue weighted by Crippen LogP contribution is -2.51. The summed E-state index contributed by atoms with van der Waals surface area (Å²) in [5, 5.41) is 0. The Kier molecular flexibility index (Phi) is 7.44. The summed E-state index contributed by atoms with van der Waals surface area (Å²) in [5.74, 6) is 0.577. The highest BCUT2D eigenvalue weighted by Crippen LogP contribution is 2.09. The van der Waals surface area contributed by atoms with E-state index in [0.29, 0.717) is 12.5 Å². The second kappa shape index (κ2) is 9.56. The molecule has 5 heteroatoms. The van der Waals surface area contributed by atoms with Crippen molar-refractivity contribution in [3.8, 4) is 0 Å². The van der Waals surface area contributed by atoms with Crippen LogP contribution < -0.4 is 0 Å². The van der Waals surface area contributed by atoms with Gasteiger partial charge < -0.3 is 9.80 Å². The molecule has 1 heterocycles. The highest BCUT2D eigenvalue weighted by molar-refractivity contribution is 5.83. The van der Waals surface area contributed by atoms with Gasteiger partial charge in [0, 0.05) is 46.2 Å². The van der Waals surface area contributed by atoms with Crippen molar-refractivity contribution in [1.29, 1.82) is 0 Å². The molecule has 0 spiro atoms. The number of amides is 2. The number of nitrogens with zero attached hydrogens (tertiary/aromatic N) is 3. The molecular formula is C20H31N3O2. The van der Waals surface area contributed by atoms with Crippen molar-refractivity contribution >= 4 is 11.8 Å². The lowest BCUT2D eigenvalue weighted by molar-refractivity contribution is -0.140. The van der Waals surface area contributed by atoms with Gasteiger partial charge in [0.25, 0.3) is 0 Å². The molecule has 5 nitrogen and oxygen atoms in total. The Morgan fingerprint density at radius 2 is 1.72 bits per heavy atom. The minimum Gasteiger partial charge on any atom is -0.339 e. The number of carbonyl (C=O) groups is 2. The summed E-state index contributed by atoms with van der Waals surface area (Å²) < 4.78 is 0. The van der Waals surface area contributed by atoms with Crippen LogP contribution in [0.25, 0.3) is 0 Å². The predicted octanol–water partition coefficient (Wildman–Crippen LogP) is 2.23. The molecule has 0 radical (unpaired) electrons. The second-order valence-corrected chi connectivity index (χ2v) is 7.27.